The summed E-state index contributed by atoms with van der Waals surface area (Å²) in [7, 11) is 0. The standard InChI is InChI=1S/C23H48N2O/c1-3-5-6-7-8-9-10-11-12-13-14-15-16-17-18-19-20-25(4-2)22-23(26)21-24/h11-12,23,26H,3-10,13-22,24H2,1-2H3/b12-11+. The molecule has 0 saturated heterocycles. The van der Waals surface area contributed by atoms with Crippen molar-refractivity contribution in [3.05, 3.63) is 12.2 Å². The Kier molecular flexibility index (Phi) is 20.6. The second-order valence-corrected chi connectivity index (χ2v) is 7.72. The molecule has 0 radical (unpaired) electrons. The molecule has 0 aromatic rings. The zero-order valence-electron chi connectivity index (χ0n) is 17.9. The maximum Gasteiger partial charge on any atom is 0.0789 e. The largest absolute Gasteiger partial charge is 0.390 e. The molecule has 3 heteroatoms. The van der Waals surface area contributed by atoms with Gasteiger partial charge in [-0.2, -0.15) is 0 Å². The lowest BCUT2D eigenvalue weighted by atomic mass is 10.1. The molecule has 156 valence electrons. The van der Waals surface area contributed by atoms with Crippen molar-refractivity contribution < 1.29 is 5.11 Å². The van der Waals surface area contributed by atoms with Crippen LogP contribution >= 0.6 is 0 Å². The van der Waals surface area contributed by atoms with Crippen molar-refractivity contribution in [3.63, 3.8) is 0 Å². The second kappa shape index (κ2) is 20.9. The van der Waals surface area contributed by atoms with Crippen LogP contribution in [0.1, 0.15) is 104 Å². The fourth-order valence-corrected chi connectivity index (χ4v) is 3.33. The lowest BCUT2D eigenvalue weighted by Gasteiger charge is -2.22. The summed E-state index contributed by atoms with van der Waals surface area (Å²) in [5.41, 5.74) is 5.48. The first kappa shape index (κ1) is 25.6. The van der Waals surface area contributed by atoms with Crippen LogP contribution in [0, 0.1) is 0 Å². The quantitative estimate of drug-likeness (QED) is 0.215. The molecule has 0 rings (SSSR count). The molecule has 0 bridgehead atoms. The monoisotopic (exact) mass is 368 g/mol. The molecular formula is C23H48N2O. The number of nitrogens with zero attached hydrogens (tertiary/aromatic N) is 1. The lowest BCUT2D eigenvalue weighted by Crippen LogP contribution is -2.36. The zero-order chi connectivity index (χ0) is 19.3. The van der Waals surface area contributed by atoms with E-state index in [1.54, 1.807) is 0 Å². The van der Waals surface area contributed by atoms with Crippen molar-refractivity contribution in [2.75, 3.05) is 26.2 Å². The molecule has 0 heterocycles. The molecule has 1 unspecified atom stereocenters. The summed E-state index contributed by atoms with van der Waals surface area (Å²) < 4.78 is 0. The summed E-state index contributed by atoms with van der Waals surface area (Å²) in [5, 5.41) is 9.62. The van der Waals surface area contributed by atoms with Crippen LogP contribution in [0.3, 0.4) is 0 Å². The van der Waals surface area contributed by atoms with Crippen LogP contribution in [-0.4, -0.2) is 42.3 Å². The van der Waals surface area contributed by atoms with E-state index in [0.717, 1.165) is 19.6 Å². The number of aliphatic hydroxyl groups excluding tert-OH is 1. The molecule has 3 N–H and O–H groups in total. The molecular weight excluding hydrogens is 320 g/mol. The molecule has 0 spiro atoms. The highest BCUT2D eigenvalue weighted by Crippen LogP contribution is 2.10. The van der Waals surface area contributed by atoms with Gasteiger partial charge >= 0.3 is 0 Å². The minimum Gasteiger partial charge on any atom is -0.390 e. The maximum atomic E-state index is 9.62. The molecule has 0 aromatic carbocycles. The third-order valence-corrected chi connectivity index (χ3v) is 5.17. The third-order valence-electron chi connectivity index (χ3n) is 5.17. The molecule has 0 aromatic heterocycles. The summed E-state index contributed by atoms with van der Waals surface area (Å²) in [6.07, 6.45) is 23.3. The van der Waals surface area contributed by atoms with Crippen LogP contribution < -0.4 is 5.73 Å². The summed E-state index contributed by atoms with van der Waals surface area (Å²) in [6, 6.07) is 0. The van der Waals surface area contributed by atoms with Crippen LogP contribution in [0.5, 0.6) is 0 Å². The van der Waals surface area contributed by atoms with Gasteiger partial charge in [0.25, 0.3) is 0 Å². The molecule has 0 aliphatic rings. The van der Waals surface area contributed by atoms with E-state index in [0.29, 0.717) is 6.54 Å². The Hall–Kier alpha value is -0.380. The fraction of sp³-hybridized carbons (Fsp3) is 0.913. The van der Waals surface area contributed by atoms with Crippen molar-refractivity contribution >= 4 is 0 Å². The van der Waals surface area contributed by atoms with Crippen LogP contribution in [0.2, 0.25) is 0 Å². The van der Waals surface area contributed by atoms with Gasteiger partial charge in [0.2, 0.25) is 0 Å². The zero-order valence-corrected chi connectivity index (χ0v) is 17.9. The van der Waals surface area contributed by atoms with E-state index in [4.69, 9.17) is 5.73 Å². The van der Waals surface area contributed by atoms with Gasteiger partial charge in [-0.05, 0) is 45.2 Å². The SMILES string of the molecule is CCCCCCCC/C=C/CCCCCCCCN(CC)CC(O)CN. The molecule has 1 atom stereocenters. The molecule has 0 aliphatic carbocycles. The van der Waals surface area contributed by atoms with Crippen LogP contribution in [-0.2, 0) is 0 Å². The first-order valence-corrected chi connectivity index (χ1v) is 11.5. The van der Waals surface area contributed by atoms with Gasteiger partial charge in [0.1, 0.15) is 0 Å². The summed E-state index contributed by atoms with van der Waals surface area (Å²) in [4.78, 5) is 2.31. The summed E-state index contributed by atoms with van der Waals surface area (Å²) >= 11 is 0. The number of allylic oxidation sites excluding steroid dienone is 2. The first-order chi connectivity index (χ1) is 12.7. The lowest BCUT2D eigenvalue weighted by molar-refractivity contribution is 0.120. The van der Waals surface area contributed by atoms with Gasteiger partial charge in [-0.3, -0.25) is 0 Å². The van der Waals surface area contributed by atoms with Crippen molar-refractivity contribution in [1.82, 2.24) is 4.90 Å². The van der Waals surface area contributed by atoms with E-state index in [1.807, 2.05) is 0 Å². The van der Waals surface area contributed by atoms with Crippen LogP contribution in [0.4, 0.5) is 0 Å². The maximum absolute atomic E-state index is 9.62. The van der Waals surface area contributed by atoms with Gasteiger partial charge in [-0.1, -0.05) is 83.8 Å². The highest BCUT2D eigenvalue weighted by molar-refractivity contribution is 4.81. The molecule has 0 fully saturated rings. The first-order valence-electron chi connectivity index (χ1n) is 11.5. The molecule has 0 aliphatic heterocycles. The van der Waals surface area contributed by atoms with E-state index < -0.39 is 0 Å². The molecule has 26 heavy (non-hydrogen) atoms. The predicted molar refractivity (Wildman–Crippen MR) is 117 cm³/mol. The van der Waals surface area contributed by atoms with Crippen molar-refractivity contribution in [2.24, 2.45) is 5.73 Å². The van der Waals surface area contributed by atoms with Gasteiger partial charge < -0.3 is 15.7 Å². The number of aliphatic hydroxyl groups is 1. The van der Waals surface area contributed by atoms with Gasteiger partial charge in [-0.25, -0.2) is 0 Å². The second-order valence-electron chi connectivity index (χ2n) is 7.72. The van der Waals surface area contributed by atoms with Crippen molar-refractivity contribution in [3.8, 4) is 0 Å². The van der Waals surface area contributed by atoms with Gasteiger partial charge in [0.15, 0.2) is 0 Å². The Morgan fingerprint density at radius 2 is 1.27 bits per heavy atom. The Labute approximate surface area is 164 Å². The Balaban J connectivity index is 3.29. The third kappa shape index (κ3) is 18.4. The minimum atomic E-state index is -0.371. The fourth-order valence-electron chi connectivity index (χ4n) is 3.33. The summed E-state index contributed by atoms with van der Waals surface area (Å²) in [5.74, 6) is 0. The van der Waals surface area contributed by atoms with E-state index >= 15 is 0 Å². The smallest absolute Gasteiger partial charge is 0.0789 e. The van der Waals surface area contributed by atoms with Crippen molar-refractivity contribution in [2.45, 2.75) is 110 Å². The number of unbranched alkanes of at least 4 members (excludes halogenated alkanes) is 12. The van der Waals surface area contributed by atoms with E-state index in [2.05, 4.69) is 30.9 Å². The van der Waals surface area contributed by atoms with Gasteiger partial charge in [-0.15, -0.1) is 0 Å². The van der Waals surface area contributed by atoms with Crippen LogP contribution in [0.25, 0.3) is 0 Å². The predicted octanol–water partition coefficient (Wildman–Crippen LogP) is 5.67. The number of hydrogen-bond acceptors (Lipinski definition) is 3. The number of nitrogens with two attached hydrogens (primary N) is 1. The molecule has 0 amide bonds. The Morgan fingerprint density at radius 1 is 0.769 bits per heavy atom. The average molecular weight is 369 g/mol. The normalized spacial score (nSPS) is 13.1. The molecule has 0 saturated carbocycles. The topological polar surface area (TPSA) is 49.5 Å². The number of hydrogen-bond donors (Lipinski definition) is 2. The highest BCUT2D eigenvalue weighted by atomic mass is 16.3. The van der Waals surface area contributed by atoms with Crippen LogP contribution in [0.15, 0.2) is 12.2 Å². The number of rotatable bonds is 20. The van der Waals surface area contributed by atoms with E-state index in [-0.39, 0.29) is 6.10 Å². The molecule has 3 nitrogen and oxygen atoms in total. The summed E-state index contributed by atoms with van der Waals surface area (Å²) in [6.45, 7) is 7.61. The number of likely N-dealkylation sites (N-methyl/N-ethyl adjacent to an activating group) is 1. The minimum absolute atomic E-state index is 0.365. The Morgan fingerprint density at radius 3 is 1.77 bits per heavy atom. The van der Waals surface area contributed by atoms with E-state index in [1.165, 1.54) is 89.9 Å². The van der Waals surface area contributed by atoms with Crippen molar-refractivity contribution in [1.29, 1.82) is 0 Å². The van der Waals surface area contributed by atoms with Gasteiger partial charge in [0, 0.05) is 13.1 Å². The van der Waals surface area contributed by atoms with E-state index in [9.17, 15) is 5.11 Å². The highest BCUT2D eigenvalue weighted by Gasteiger charge is 2.07. The average Bonchev–Trinajstić information content (AvgIpc) is 2.66. The Bertz CT molecular complexity index is 294. The van der Waals surface area contributed by atoms with Gasteiger partial charge in [0.05, 0.1) is 6.10 Å².